The Hall–Kier alpha value is -2.67. The van der Waals surface area contributed by atoms with Crippen molar-refractivity contribution in [3.8, 4) is 0 Å². The fourth-order valence-electron chi connectivity index (χ4n) is 2.28. The van der Waals surface area contributed by atoms with E-state index in [1.807, 2.05) is 11.5 Å². The van der Waals surface area contributed by atoms with Gasteiger partial charge in [0.2, 0.25) is 0 Å². The van der Waals surface area contributed by atoms with E-state index >= 15 is 0 Å². The minimum absolute atomic E-state index is 0.0634. The minimum Gasteiger partial charge on any atom is -0.478 e. The molecular weight excluding hydrogens is 318 g/mol. The zero-order valence-corrected chi connectivity index (χ0v) is 13.0. The third-order valence-electron chi connectivity index (χ3n) is 3.26. The van der Waals surface area contributed by atoms with Crippen molar-refractivity contribution in [1.29, 1.82) is 0 Å². The first-order valence-corrected chi connectivity index (χ1v) is 7.39. The van der Waals surface area contributed by atoms with E-state index in [0.717, 1.165) is 0 Å². The van der Waals surface area contributed by atoms with Crippen LogP contribution < -0.4 is 5.32 Å². The number of carboxylic acids is 1. The monoisotopic (exact) mass is 331 g/mol. The molecule has 0 fully saturated rings. The van der Waals surface area contributed by atoms with E-state index in [4.69, 9.17) is 11.6 Å². The van der Waals surface area contributed by atoms with E-state index in [-0.39, 0.29) is 10.9 Å². The lowest BCUT2D eigenvalue weighted by atomic mass is 10.2. The first kappa shape index (κ1) is 15.2. The Morgan fingerprint density at radius 1 is 1.35 bits per heavy atom. The van der Waals surface area contributed by atoms with Crippen molar-refractivity contribution in [3.63, 3.8) is 0 Å². The number of nitrogens with one attached hydrogen (secondary N) is 1. The number of nitrogens with zero attached hydrogens (tertiary/aromatic N) is 4. The lowest BCUT2D eigenvalue weighted by Crippen LogP contribution is -2.07. The summed E-state index contributed by atoms with van der Waals surface area (Å²) >= 11 is 6.02. The zero-order chi connectivity index (χ0) is 16.4. The first-order valence-electron chi connectivity index (χ1n) is 6.95. The molecule has 118 valence electrons. The first-order chi connectivity index (χ1) is 11.1. The number of rotatable bonds is 5. The standard InChI is InChI=1S/C15H14ClN5O2/c1-9(16)6-21-8-19-12-13(17-7-18-14(12)21)20-11-5-3-2-4-10(11)15(22)23/h2-5,7-9H,6H2,1H3,(H,22,23)(H,17,18,20). The number of para-hydroxylation sites is 1. The van der Waals surface area contributed by atoms with Gasteiger partial charge in [0, 0.05) is 11.9 Å². The Labute approximate surface area is 137 Å². The molecule has 8 heteroatoms. The molecule has 23 heavy (non-hydrogen) atoms. The number of imidazole rings is 1. The summed E-state index contributed by atoms with van der Waals surface area (Å²) < 4.78 is 1.84. The third-order valence-corrected chi connectivity index (χ3v) is 3.40. The summed E-state index contributed by atoms with van der Waals surface area (Å²) in [5.74, 6) is -0.565. The Bertz CT molecular complexity index is 862. The van der Waals surface area contributed by atoms with Crippen molar-refractivity contribution in [2.75, 3.05) is 5.32 Å². The van der Waals surface area contributed by atoms with E-state index in [9.17, 15) is 9.90 Å². The topological polar surface area (TPSA) is 92.9 Å². The van der Waals surface area contributed by atoms with Crippen LogP contribution in [-0.4, -0.2) is 36.0 Å². The number of anilines is 2. The third kappa shape index (κ3) is 3.09. The maximum Gasteiger partial charge on any atom is 0.337 e. The Kier molecular flexibility index (Phi) is 4.12. The molecule has 1 atom stereocenters. The number of hydrogen-bond acceptors (Lipinski definition) is 5. The zero-order valence-electron chi connectivity index (χ0n) is 12.3. The summed E-state index contributed by atoms with van der Waals surface area (Å²) in [6.07, 6.45) is 3.05. The molecule has 0 aliphatic rings. The summed E-state index contributed by atoms with van der Waals surface area (Å²) in [4.78, 5) is 24.0. The number of halogens is 1. The number of carbonyl (C=O) groups is 1. The molecule has 7 nitrogen and oxygen atoms in total. The van der Waals surface area contributed by atoms with E-state index in [1.54, 1.807) is 24.5 Å². The average molecular weight is 332 g/mol. The molecule has 0 aliphatic heterocycles. The maximum absolute atomic E-state index is 11.3. The van der Waals surface area contributed by atoms with Crippen LogP contribution in [0.15, 0.2) is 36.9 Å². The summed E-state index contributed by atoms with van der Waals surface area (Å²) in [7, 11) is 0. The molecule has 3 rings (SSSR count). The van der Waals surface area contributed by atoms with Gasteiger partial charge in [0.05, 0.1) is 17.6 Å². The van der Waals surface area contributed by atoms with Crippen LogP contribution in [-0.2, 0) is 6.54 Å². The molecule has 1 aromatic carbocycles. The molecule has 2 aromatic heterocycles. The predicted molar refractivity (Wildman–Crippen MR) is 87.3 cm³/mol. The highest BCUT2D eigenvalue weighted by Crippen LogP contribution is 2.24. The highest BCUT2D eigenvalue weighted by molar-refractivity contribution is 6.20. The molecular formula is C15H14ClN5O2. The van der Waals surface area contributed by atoms with Gasteiger partial charge < -0.3 is 15.0 Å². The van der Waals surface area contributed by atoms with Gasteiger partial charge in [-0.2, -0.15) is 0 Å². The molecule has 0 saturated carbocycles. The number of aromatic carboxylic acids is 1. The fraction of sp³-hybridized carbons (Fsp3) is 0.200. The van der Waals surface area contributed by atoms with Crippen molar-refractivity contribution in [2.45, 2.75) is 18.8 Å². The molecule has 0 radical (unpaired) electrons. The van der Waals surface area contributed by atoms with Gasteiger partial charge in [-0.25, -0.2) is 19.7 Å². The van der Waals surface area contributed by atoms with Crippen LogP contribution in [0.1, 0.15) is 17.3 Å². The highest BCUT2D eigenvalue weighted by Gasteiger charge is 2.14. The SMILES string of the molecule is CC(Cl)Cn1cnc2c(Nc3ccccc3C(=O)O)ncnc21. The van der Waals surface area contributed by atoms with Crippen LogP contribution in [0, 0.1) is 0 Å². The number of benzene rings is 1. The van der Waals surface area contributed by atoms with Crippen molar-refractivity contribution < 1.29 is 9.90 Å². The lowest BCUT2D eigenvalue weighted by molar-refractivity contribution is 0.0698. The van der Waals surface area contributed by atoms with Crippen LogP contribution >= 0.6 is 11.6 Å². The summed E-state index contributed by atoms with van der Waals surface area (Å²) in [5, 5.41) is 12.2. The van der Waals surface area contributed by atoms with Gasteiger partial charge in [-0.3, -0.25) is 0 Å². The molecule has 3 aromatic rings. The molecule has 0 amide bonds. The Morgan fingerprint density at radius 3 is 2.87 bits per heavy atom. The number of fused-ring (bicyclic) bond motifs is 1. The van der Waals surface area contributed by atoms with Crippen LogP contribution in [0.25, 0.3) is 11.2 Å². The van der Waals surface area contributed by atoms with Gasteiger partial charge in [-0.1, -0.05) is 12.1 Å². The Morgan fingerprint density at radius 2 is 2.13 bits per heavy atom. The van der Waals surface area contributed by atoms with Gasteiger partial charge in [-0.15, -0.1) is 11.6 Å². The van der Waals surface area contributed by atoms with Crippen LogP contribution in [0.5, 0.6) is 0 Å². The number of aromatic nitrogens is 4. The largest absolute Gasteiger partial charge is 0.478 e. The van der Waals surface area contributed by atoms with Crippen molar-refractivity contribution in [2.24, 2.45) is 0 Å². The van der Waals surface area contributed by atoms with Crippen molar-refractivity contribution in [3.05, 3.63) is 42.5 Å². The van der Waals surface area contributed by atoms with E-state index in [0.29, 0.717) is 29.2 Å². The van der Waals surface area contributed by atoms with Crippen molar-refractivity contribution in [1.82, 2.24) is 19.5 Å². The molecule has 2 heterocycles. The minimum atomic E-state index is -1.01. The molecule has 0 aliphatic carbocycles. The molecule has 0 saturated heterocycles. The van der Waals surface area contributed by atoms with Gasteiger partial charge in [0.1, 0.15) is 6.33 Å². The summed E-state index contributed by atoms with van der Waals surface area (Å²) in [6.45, 7) is 2.46. The van der Waals surface area contributed by atoms with Crippen LogP contribution in [0.4, 0.5) is 11.5 Å². The van der Waals surface area contributed by atoms with E-state index < -0.39 is 5.97 Å². The van der Waals surface area contributed by atoms with Gasteiger partial charge >= 0.3 is 5.97 Å². The molecule has 1 unspecified atom stereocenters. The van der Waals surface area contributed by atoms with E-state index in [1.165, 1.54) is 12.4 Å². The second-order valence-electron chi connectivity index (χ2n) is 5.05. The van der Waals surface area contributed by atoms with Gasteiger partial charge in [0.15, 0.2) is 17.0 Å². The second-order valence-corrected chi connectivity index (χ2v) is 5.79. The predicted octanol–water partition coefficient (Wildman–Crippen LogP) is 2.90. The number of alkyl halides is 1. The smallest absolute Gasteiger partial charge is 0.337 e. The summed E-state index contributed by atoms with van der Waals surface area (Å²) in [5.41, 5.74) is 1.81. The molecule has 0 bridgehead atoms. The molecule has 2 N–H and O–H groups in total. The summed E-state index contributed by atoms with van der Waals surface area (Å²) in [6, 6.07) is 6.62. The fourth-order valence-corrected chi connectivity index (χ4v) is 2.43. The average Bonchev–Trinajstić information content (AvgIpc) is 2.91. The highest BCUT2D eigenvalue weighted by atomic mass is 35.5. The van der Waals surface area contributed by atoms with Gasteiger partial charge in [-0.05, 0) is 19.1 Å². The van der Waals surface area contributed by atoms with Crippen LogP contribution in [0.2, 0.25) is 0 Å². The normalized spacial score (nSPS) is 12.3. The van der Waals surface area contributed by atoms with Crippen LogP contribution in [0.3, 0.4) is 0 Å². The van der Waals surface area contributed by atoms with Crippen molar-refractivity contribution >= 4 is 40.2 Å². The van der Waals surface area contributed by atoms with E-state index in [2.05, 4.69) is 20.3 Å². The van der Waals surface area contributed by atoms with Gasteiger partial charge in [0.25, 0.3) is 0 Å². The quantitative estimate of drug-likeness (QED) is 0.698. The molecule has 0 spiro atoms. The number of hydrogen-bond donors (Lipinski definition) is 2. The number of carboxylic acid groups (broad SMARTS) is 1. The maximum atomic E-state index is 11.3. The Balaban J connectivity index is 2.01. The lowest BCUT2D eigenvalue weighted by Gasteiger charge is -2.09. The second kappa shape index (κ2) is 6.21.